The van der Waals surface area contributed by atoms with Crippen molar-refractivity contribution in [2.45, 2.75) is 4.90 Å². The van der Waals surface area contributed by atoms with E-state index >= 15 is 0 Å². The van der Waals surface area contributed by atoms with Crippen LogP contribution in [0.15, 0.2) is 23.1 Å². The number of hydrogen-bond acceptors (Lipinski definition) is 5. The molecule has 0 saturated carbocycles. The molecule has 126 valence electrons. The van der Waals surface area contributed by atoms with Gasteiger partial charge in [0, 0.05) is 33.2 Å². The third kappa shape index (κ3) is 3.45. The molecule has 0 bridgehead atoms. The lowest BCUT2D eigenvalue weighted by Crippen LogP contribution is -2.48. The van der Waals surface area contributed by atoms with Crippen LogP contribution in [-0.2, 0) is 14.8 Å². The highest BCUT2D eigenvalue weighted by atomic mass is 32.2. The summed E-state index contributed by atoms with van der Waals surface area (Å²) in [7, 11) is -0.857. The van der Waals surface area contributed by atoms with E-state index in [2.05, 4.69) is 5.32 Å². The molecule has 1 aromatic rings. The van der Waals surface area contributed by atoms with E-state index in [1.807, 2.05) is 0 Å². The molecule has 1 aliphatic heterocycles. The Bertz CT molecular complexity index is 696. The second-order valence-electron chi connectivity index (χ2n) is 4.99. The monoisotopic (exact) mass is 341 g/mol. The number of benzene rings is 1. The van der Waals surface area contributed by atoms with Crippen LogP contribution in [0.25, 0.3) is 0 Å². The molecule has 8 nitrogen and oxygen atoms in total. The zero-order valence-electron chi connectivity index (χ0n) is 13.0. The van der Waals surface area contributed by atoms with E-state index in [1.165, 1.54) is 41.6 Å². The smallest absolute Gasteiger partial charge is 0.254 e. The first-order valence-electron chi connectivity index (χ1n) is 7.03. The van der Waals surface area contributed by atoms with E-state index in [4.69, 9.17) is 4.74 Å². The van der Waals surface area contributed by atoms with Crippen molar-refractivity contribution in [1.82, 2.24) is 14.5 Å². The number of carbonyl (C=O) groups is 2. The van der Waals surface area contributed by atoms with Crippen LogP contribution >= 0.6 is 0 Å². The molecule has 2 amide bonds. The van der Waals surface area contributed by atoms with Gasteiger partial charge in [0.25, 0.3) is 5.91 Å². The first-order chi connectivity index (χ1) is 10.9. The van der Waals surface area contributed by atoms with Gasteiger partial charge in [-0.25, -0.2) is 8.42 Å². The number of carbonyl (C=O) groups excluding carboxylic acids is 2. The molecular formula is C14H19N3O5S. The van der Waals surface area contributed by atoms with Gasteiger partial charge in [-0.05, 0) is 18.2 Å². The third-order valence-corrected chi connectivity index (χ3v) is 5.60. The Balaban J connectivity index is 2.33. The summed E-state index contributed by atoms with van der Waals surface area (Å²) < 4.78 is 31.8. The maximum atomic E-state index is 12.7. The molecule has 2 rings (SSSR count). The highest BCUT2D eigenvalue weighted by Crippen LogP contribution is 2.25. The molecule has 1 aliphatic rings. The molecular weight excluding hydrogens is 322 g/mol. The Morgan fingerprint density at radius 3 is 2.43 bits per heavy atom. The summed E-state index contributed by atoms with van der Waals surface area (Å²) in [6, 6.07) is 4.17. The number of ether oxygens (including phenoxy) is 1. The van der Waals surface area contributed by atoms with E-state index in [1.54, 1.807) is 0 Å². The van der Waals surface area contributed by atoms with Crippen molar-refractivity contribution in [3.63, 3.8) is 0 Å². The van der Waals surface area contributed by atoms with Crippen LogP contribution in [0.5, 0.6) is 5.75 Å². The second kappa shape index (κ2) is 6.97. The minimum atomic E-state index is -3.73. The Kier molecular flexibility index (Phi) is 5.22. The molecule has 1 saturated heterocycles. The van der Waals surface area contributed by atoms with E-state index in [0.717, 1.165) is 0 Å². The first-order valence-corrected chi connectivity index (χ1v) is 8.47. The standard InChI is InChI=1S/C14H19N3O5S/c1-15-14(19)12-9-11(3-4-13(12)22-2)23(20,21)17-7-5-16(10-18)6-8-17/h3-4,9-10H,5-8H2,1-2H3,(H,15,19). The molecule has 23 heavy (non-hydrogen) atoms. The number of hydrogen-bond donors (Lipinski definition) is 1. The van der Waals surface area contributed by atoms with Gasteiger partial charge in [0.15, 0.2) is 0 Å². The molecule has 0 unspecified atom stereocenters. The van der Waals surface area contributed by atoms with Gasteiger partial charge in [-0.2, -0.15) is 4.31 Å². The number of piperazine rings is 1. The summed E-state index contributed by atoms with van der Waals surface area (Å²) in [4.78, 5) is 24.1. The lowest BCUT2D eigenvalue weighted by molar-refractivity contribution is -0.119. The fourth-order valence-electron chi connectivity index (χ4n) is 2.36. The Hall–Kier alpha value is -2.13. The van der Waals surface area contributed by atoms with Crippen molar-refractivity contribution in [2.75, 3.05) is 40.3 Å². The van der Waals surface area contributed by atoms with Crippen molar-refractivity contribution in [3.8, 4) is 5.75 Å². The van der Waals surface area contributed by atoms with E-state index in [9.17, 15) is 18.0 Å². The van der Waals surface area contributed by atoms with Gasteiger partial charge in [0.2, 0.25) is 16.4 Å². The number of sulfonamides is 1. The van der Waals surface area contributed by atoms with Crippen molar-refractivity contribution in [3.05, 3.63) is 23.8 Å². The van der Waals surface area contributed by atoms with Gasteiger partial charge >= 0.3 is 0 Å². The Morgan fingerprint density at radius 1 is 1.26 bits per heavy atom. The average Bonchev–Trinajstić information content (AvgIpc) is 2.60. The lowest BCUT2D eigenvalue weighted by atomic mass is 10.2. The van der Waals surface area contributed by atoms with Gasteiger partial charge in [0.1, 0.15) is 5.75 Å². The van der Waals surface area contributed by atoms with Crippen LogP contribution in [0.3, 0.4) is 0 Å². The fraction of sp³-hybridized carbons (Fsp3) is 0.429. The highest BCUT2D eigenvalue weighted by molar-refractivity contribution is 7.89. The highest BCUT2D eigenvalue weighted by Gasteiger charge is 2.29. The number of rotatable bonds is 5. The van der Waals surface area contributed by atoms with Crippen molar-refractivity contribution in [2.24, 2.45) is 0 Å². The zero-order chi connectivity index (χ0) is 17.0. The summed E-state index contributed by atoms with van der Waals surface area (Å²) in [5.41, 5.74) is 0.155. The summed E-state index contributed by atoms with van der Waals surface area (Å²) in [5.74, 6) is -0.126. The Morgan fingerprint density at radius 2 is 1.91 bits per heavy atom. The maximum absolute atomic E-state index is 12.7. The average molecular weight is 341 g/mol. The maximum Gasteiger partial charge on any atom is 0.254 e. The summed E-state index contributed by atoms with van der Waals surface area (Å²) in [5, 5.41) is 2.45. The first kappa shape index (κ1) is 17.2. The predicted octanol–water partition coefficient (Wildman–Crippen LogP) is -0.482. The van der Waals surface area contributed by atoms with Crippen LogP contribution in [0.4, 0.5) is 0 Å². The fourth-order valence-corrected chi connectivity index (χ4v) is 3.81. The van der Waals surface area contributed by atoms with Gasteiger partial charge in [-0.3, -0.25) is 9.59 Å². The molecule has 0 aliphatic carbocycles. The number of amides is 2. The molecule has 0 aromatic heterocycles. The molecule has 1 aromatic carbocycles. The normalized spacial score (nSPS) is 16.0. The Labute approximate surface area is 135 Å². The van der Waals surface area contributed by atoms with Crippen LogP contribution in [0.2, 0.25) is 0 Å². The largest absolute Gasteiger partial charge is 0.496 e. The van der Waals surface area contributed by atoms with Crippen LogP contribution < -0.4 is 10.1 Å². The van der Waals surface area contributed by atoms with Gasteiger partial charge in [-0.15, -0.1) is 0 Å². The predicted molar refractivity (Wildman–Crippen MR) is 82.8 cm³/mol. The topological polar surface area (TPSA) is 96.0 Å². The molecule has 0 spiro atoms. The molecule has 1 N–H and O–H groups in total. The number of methoxy groups -OCH3 is 1. The minimum Gasteiger partial charge on any atom is -0.496 e. The molecule has 1 fully saturated rings. The van der Waals surface area contributed by atoms with E-state index in [0.29, 0.717) is 25.2 Å². The van der Waals surface area contributed by atoms with E-state index < -0.39 is 15.9 Å². The minimum absolute atomic E-state index is 0.0245. The number of nitrogens with one attached hydrogen (secondary N) is 1. The molecule has 0 radical (unpaired) electrons. The van der Waals surface area contributed by atoms with Crippen molar-refractivity contribution < 1.29 is 22.7 Å². The SMILES string of the molecule is CNC(=O)c1cc(S(=O)(=O)N2CCN(C=O)CC2)ccc1OC. The summed E-state index contributed by atoms with van der Waals surface area (Å²) in [6.45, 7) is 1.15. The van der Waals surface area contributed by atoms with Gasteiger partial charge in [-0.1, -0.05) is 0 Å². The summed E-state index contributed by atoms with van der Waals surface area (Å²) in [6.07, 6.45) is 0.709. The van der Waals surface area contributed by atoms with Crippen LogP contribution in [-0.4, -0.2) is 70.3 Å². The van der Waals surface area contributed by atoms with Crippen molar-refractivity contribution >= 4 is 22.3 Å². The molecule has 1 heterocycles. The molecule has 9 heteroatoms. The zero-order valence-corrected chi connectivity index (χ0v) is 13.8. The van der Waals surface area contributed by atoms with Crippen LogP contribution in [0, 0.1) is 0 Å². The van der Waals surface area contributed by atoms with Gasteiger partial charge < -0.3 is 15.0 Å². The lowest BCUT2D eigenvalue weighted by Gasteiger charge is -2.31. The third-order valence-electron chi connectivity index (χ3n) is 3.70. The quantitative estimate of drug-likeness (QED) is 0.730. The molecule has 0 atom stereocenters. The second-order valence-corrected chi connectivity index (χ2v) is 6.92. The number of nitrogens with zero attached hydrogens (tertiary/aromatic N) is 2. The van der Waals surface area contributed by atoms with Crippen LogP contribution in [0.1, 0.15) is 10.4 Å². The van der Waals surface area contributed by atoms with Gasteiger partial charge in [0.05, 0.1) is 17.6 Å². The van der Waals surface area contributed by atoms with Crippen molar-refractivity contribution in [1.29, 1.82) is 0 Å². The summed E-state index contributed by atoms with van der Waals surface area (Å²) >= 11 is 0. The van der Waals surface area contributed by atoms with E-state index in [-0.39, 0.29) is 23.5 Å².